The van der Waals surface area contributed by atoms with E-state index in [-0.39, 0.29) is 13.2 Å². The number of allylic oxidation sites excluding steroid dienone is 1. The van der Waals surface area contributed by atoms with Gasteiger partial charge in [-0.05, 0) is 25.8 Å². The van der Waals surface area contributed by atoms with Crippen LogP contribution in [0.2, 0.25) is 0 Å². The van der Waals surface area contributed by atoms with Crippen molar-refractivity contribution in [3.05, 3.63) is 48.0 Å². The van der Waals surface area contributed by atoms with Crippen molar-refractivity contribution >= 4 is 11.9 Å². The Kier molecular flexibility index (Phi) is 7.67. The zero-order valence-corrected chi connectivity index (χ0v) is 14.1. The summed E-state index contributed by atoms with van der Waals surface area (Å²) in [5, 5.41) is 0. The van der Waals surface area contributed by atoms with Crippen LogP contribution in [0.3, 0.4) is 0 Å². The smallest absolute Gasteiger partial charge is 0.412 e. The van der Waals surface area contributed by atoms with E-state index in [0.717, 1.165) is 0 Å². The maximum Gasteiger partial charge on any atom is 0.412 e. The van der Waals surface area contributed by atoms with Gasteiger partial charge in [-0.2, -0.15) is 13.2 Å². The van der Waals surface area contributed by atoms with Crippen molar-refractivity contribution in [2.24, 2.45) is 5.92 Å². The monoisotopic (exact) mass is 358 g/mol. The van der Waals surface area contributed by atoms with Crippen molar-refractivity contribution in [1.29, 1.82) is 0 Å². The molecule has 4 nitrogen and oxygen atoms in total. The van der Waals surface area contributed by atoms with E-state index in [1.807, 2.05) is 0 Å². The third-order valence-electron chi connectivity index (χ3n) is 3.58. The van der Waals surface area contributed by atoms with Crippen LogP contribution in [0.15, 0.2) is 42.5 Å². The number of hydrogen-bond acceptors (Lipinski definition) is 4. The van der Waals surface area contributed by atoms with Gasteiger partial charge in [-0.15, -0.1) is 0 Å². The molecule has 1 atom stereocenters. The molecule has 0 N–H and O–H groups in total. The molecule has 0 saturated heterocycles. The zero-order valence-electron chi connectivity index (χ0n) is 14.1. The maximum absolute atomic E-state index is 13.0. The highest BCUT2D eigenvalue weighted by molar-refractivity contribution is 5.96. The average molecular weight is 358 g/mol. The van der Waals surface area contributed by atoms with Gasteiger partial charge in [0.2, 0.25) is 0 Å². The maximum atomic E-state index is 13.0. The molecule has 0 aliphatic carbocycles. The molecule has 0 bridgehead atoms. The second-order valence-corrected chi connectivity index (χ2v) is 5.30. The molecule has 0 aliphatic heterocycles. The van der Waals surface area contributed by atoms with Crippen LogP contribution in [0.4, 0.5) is 13.2 Å². The van der Waals surface area contributed by atoms with Crippen molar-refractivity contribution in [3.8, 4) is 0 Å². The molecule has 7 heteroatoms. The SMILES string of the molecule is C=C(CC(c1ccccc1)C(C(=O)OCC)C(=O)OCC)C(F)(F)F. The van der Waals surface area contributed by atoms with Gasteiger partial charge >= 0.3 is 18.1 Å². The minimum absolute atomic E-state index is 0.00351. The number of alkyl halides is 3. The largest absolute Gasteiger partial charge is 0.465 e. The van der Waals surface area contributed by atoms with E-state index in [9.17, 15) is 22.8 Å². The average Bonchev–Trinajstić information content (AvgIpc) is 2.54. The van der Waals surface area contributed by atoms with Crippen LogP contribution >= 0.6 is 0 Å². The van der Waals surface area contributed by atoms with Gasteiger partial charge in [0.15, 0.2) is 5.92 Å². The van der Waals surface area contributed by atoms with Crippen molar-refractivity contribution in [1.82, 2.24) is 0 Å². The van der Waals surface area contributed by atoms with E-state index in [4.69, 9.17) is 9.47 Å². The third kappa shape index (κ3) is 5.92. The molecule has 0 amide bonds. The number of rotatable bonds is 8. The quantitative estimate of drug-likeness (QED) is 0.400. The number of benzene rings is 1. The Labute approximate surface area is 144 Å². The van der Waals surface area contributed by atoms with Crippen molar-refractivity contribution in [2.75, 3.05) is 13.2 Å². The second-order valence-electron chi connectivity index (χ2n) is 5.30. The lowest BCUT2D eigenvalue weighted by Crippen LogP contribution is -2.34. The lowest BCUT2D eigenvalue weighted by Gasteiger charge is -2.26. The van der Waals surface area contributed by atoms with Gasteiger partial charge in [0.05, 0.1) is 13.2 Å². The molecule has 0 aromatic heterocycles. The highest BCUT2D eigenvalue weighted by atomic mass is 19.4. The molecule has 0 aliphatic rings. The number of ether oxygens (including phenoxy) is 2. The first-order valence-electron chi connectivity index (χ1n) is 7.85. The normalized spacial score (nSPS) is 12.6. The minimum Gasteiger partial charge on any atom is -0.465 e. The van der Waals surface area contributed by atoms with Crippen LogP contribution < -0.4 is 0 Å². The van der Waals surface area contributed by atoms with E-state index in [2.05, 4.69) is 6.58 Å². The standard InChI is InChI=1S/C18H21F3O4/c1-4-24-16(22)15(17(23)25-5-2)14(11-12(3)18(19,20)21)13-9-7-6-8-10-13/h6-10,14-15H,3-5,11H2,1-2H3. The molecule has 0 radical (unpaired) electrons. The molecule has 25 heavy (non-hydrogen) atoms. The molecular weight excluding hydrogens is 337 g/mol. The summed E-state index contributed by atoms with van der Waals surface area (Å²) in [6.07, 6.45) is -5.24. The van der Waals surface area contributed by atoms with Crippen LogP contribution in [-0.4, -0.2) is 31.3 Å². The Hall–Kier alpha value is -2.31. The predicted molar refractivity (Wildman–Crippen MR) is 85.8 cm³/mol. The summed E-state index contributed by atoms with van der Waals surface area (Å²) in [4.78, 5) is 24.5. The second kappa shape index (κ2) is 9.25. The first-order chi connectivity index (χ1) is 11.7. The molecule has 0 heterocycles. The van der Waals surface area contributed by atoms with Crippen molar-refractivity contribution in [2.45, 2.75) is 32.4 Å². The van der Waals surface area contributed by atoms with Crippen LogP contribution in [0.25, 0.3) is 0 Å². The van der Waals surface area contributed by atoms with Crippen LogP contribution in [0.5, 0.6) is 0 Å². The van der Waals surface area contributed by atoms with Gasteiger partial charge in [-0.1, -0.05) is 36.9 Å². The predicted octanol–water partition coefficient (Wildman–Crippen LogP) is 4.02. The number of halogens is 3. The number of hydrogen-bond donors (Lipinski definition) is 0. The van der Waals surface area contributed by atoms with E-state index < -0.39 is 41.9 Å². The zero-order chi connectivity index (χ0) is 19.0. The Morgan fingerprint density at radius 1 is 1.04 bits per heavy atom. The van der Waals surface area contributed by atoms with Gasteiger partial charge < -0.3 is 9.47 Å². The van der Waals surface area contributed by atoms with E-state index in [0.29, 0.717) is 5.56 Å². The Balaban J connectivity index is 3.30. The van der Waals surface area contributed by atoms with Gasteiger partial charge in [0.1, 0.15) is 0 Å². The topological polar surface area (TPSA) is 52.6 Å². The number of carbonyl (C=O) groups is 2. The van der Waals surface area contributed by atoms with E-state index in [1.165, 1.54) is 0 Å². The van der Waals surface area contributed by atoms with Gasteiger partial charge in [-0.25, -0.2) is 0 Å². The molecule has 0 saturated carbocycles. The molecule has 138 valence electrons. The molecule has 0 spiro atoms. The van der Waals surface area contributed by atoms with E-state index in [1.54, 1.807) is 44.2 Å². The molecule has 1 unspecified atom stereocenters. The molecule has 1 rings (SSSR count). The Bertz CT molecular complexity index is 578. The van der Waals surface area contributed by atoms with Crippen LogP contribution in [-0.2, 0) is 19.1 Å². The summed E-state index contributed by atoms with van der Waals surface area (Å²) in [5.41, 5.74) is -0.626. The van der Waals surface area contributed by atoms with Crippen molar-refractivity contribution in [3.63, 3.8) is 0 Å². The van der Waals surface area contributed by atoms with Gasteiger partial charge in [0.25, 0.3) is 0 Å². The van der Waals surface area contributed by atoms with Crippen LogP contribution in [0, 0.1) is 5.92 Å². The fourth-order valence-electron chi connectivity index (χ4n) is 2.40. The van der Waals surface area contributed by atoms with Crippen LogP contribution in [0.1, 0.15) is 31.7 Å². The Morgan fingerprint density at radius 3 is 1.92 bits per heavy atom. The fourth-order valence-corrected chi connectivity index (χ4v) is 2.40. The highest BCUT2D eigenvalue weighted by Gasteiger charge is 2.42. The summed E-state index contributed by atoms with van der Waals surface area (Å²) in [7, 11) is 0. The summed E-state index contributed by atoms with van der Waals surface area (Å²) in [5.74, 6) is -4.41. The van der Waals surface area contributed by atoms with Gasteiger partial charge in [0, 0.05) is 11.5 Å². The molecule has 1 aromatic rings. The fraction of sp³-hybridized carbons (Fsp3) is 0.444. The Morgan fingerprint density at radius 2 is 1.52 bits per heavy atom. The number of carbonyl (C=O) groups excluding carboxylic acids is 2. The van der Waals surface area contributed by atoms with Gasteiger partial charge in [-0.3, -0.25) is 9.59 Å². The summed E-state index contributed by atoms with van der Waals surface area (Å²) < 4.78 is 48.6. The summed E-state index contributed by atoms with van der Waals surface area (Å²) in [6, 6.07) is 8.03. The number of esters is 2. The highest BCUT2D eigenvalue weighted by Crippen LogP contribution is 2.38. The molecule has 1 aromatic carbocycles. The first kappa shape index (κ1) is 20.7. The lowest BCUT2D eigenvalue weighted by molar-refractivity contribution is -0.163. The first-order valence-corrected chi connectivity index (χ1v) is 7.85. The third-order valence-corrected chi connectivity index (χ3v) is 3.58. The minimum atomic E-state index is -4.62. The lowest BCUT2D eigenvalue weighted by atomic mass is 9.81. The summed E-state index contributed by atoms with van der Waals surface area (Å²) in [6.45, 7) is 6.14. The van der Waals surface area contributed by atoms with Crippen molar-refractivity contribution < 1.29 is 32.2 Å². The molecular formula is C18H21F3O4. The summed E-state index contributed by atoms with van der Waals surface area (Å²) >= 11 is 0. The van der Waals surface area contributed by atoms with E-state index >= 15 is 0 Å². The molecule has 0 fully saturated rings.